The van der Waals surface area contributed by atoms with Gasteiger partial charge in [-0.05, 0) is 59.7 Å². The highest BCUT2D eigenvalue weighted by Crippen LogP contribution is 2.89. The molecule has 6 aliphatic carbocycles. The standard InChI is InChI=1S/C13H15I3/c14-2-1-13-9-5-3-4-6(7(5)12(13)16)10(13)11(15)8(4)9/h4-12H,1-3H2/t4-,5-,6-,7+,8+,9+,10-,11+,12+,13-/m0/s1. The van der Waals surface area contributed by atoms with Gasteiger partial charge in [0.05, 0.1) is 0 Å². The number of alkyl halides is 3. The zero-order valence-corrected chi connectivity index (χ0v) is 15.4. The number of rotatable bonds is 2. The summed E-state index contributed by atoms with van der Waals surface area (Å²) in [5.74, 6) is 8.21. The van der Waals surface area contributed by atoms with E-state index < -0.39 is 0 Å². The normalized spacial score (nSPS) is 76.3. The van der Waals surface area contributed by atoms with Crippen LogP contribution < -0.4 is 0 Å². The summed E-state index contributed by atoms with van der Waals surface area (Å²) in [5.41, 5.74) is 0.825. The van der Waals surface area contributed by atoms with Gasteiger partial charge in [0.15, 0.2) is 0 Å². The van der Waals surface area contributed by atoms with Crippen molar-refractivity contribution in [1.29, 1.82) is 0 Å². The Labute approximate surface area is 138 Å². The van der Waals surface area contributed by atoms with Crippen molar-refractivity contribution in [2.24, 2.45) is 46.8 Å². The molecule has 6 bridgehead atoms. The summed E-state index contributed by atoms with van der Waals surface area (Å²) in [4.78, 5) is 0. The molecule has 16 heavy (non-hydrogen) atoms. The Hall–Kier alpha value is 2.19. The molecule has 10 atom stereocenters. The van der Waals surface area contributed by atoms with Gasteiger partial charge in [-0.25, -0.2) is 0 Å². The van der Waals surface area contributed by atoms with E-state index in [0.717, 1.165) is 19.2 Å². The van der Waals surface area contributed by atoms with Crippen LogP contribution in [0.25, 0.3) is 0 Å². The van der Waals surface area contributed by atoms with Crippen LogP contribution in [0.1, 0.15) is 12.8 Å². The average Bonchev–Trinajstić information content (AvgIpc) is 2.95. The Balaban J connectivity index is 1.76. The molecule has 0 aromatic heterocycles. The fourth-order valence-electron chi connectivity index (χ4n) is 7.35. The van der Waals surface area contributed by atoms with Crippen molar-refractivity contribution in [3.63, 3.8) is 0 Å². The molecule has 0 N–H and O–H groups in total. The van der Waals surface area contributed by atoms with Gasteiger partial charge in [-0.15, -0.1) is 0 Å². The lowest BCUT2D eigenvalue weighted by Crippen LogP contribution is -2.40. The van der Waals surface area contributed by atoms with E-state index in [9.17, 15) is 0 Å². The van der Waals surface area contributed by atoms with Gasteiger partial charge in [0, 0.05) is 12.3 Å². The molecule has 0 heterocycles. The van der Waals surface area contributed by atoms with Crippen LogP contribution in [0.4, 0.5) is 0 Å². The molecule has 0 aromatic rings. The van der Waals surface area contributed by atoms with Gasteiger partial charge in [0.25, 0.3) is 0 Å². The molecule has 0 amide bonds. The van der Waals surface area contributed by atoms with Gasteiger partial charge in [-0.2, -0.15) is 0 Å². The zero-order valence-electron chi connectivity index (χ0n) is 8.95. The zero-order chi connectivity index (χ0) is 10.8. The average molecular weight is 552 g/mol. The first kappa shape index (κ1) is 10.9. The van der Waals surface area contributed by atoms with Gasteiger partial charge in [-0.1, -0.05) is 67.8 Å². The molecule has 3 heteroatoms. The molecule has 0 spiro atoms. The minimum atomic E-state index is 0.825. The molecular formula is C13H15I3. The predicted octanol–water partition coefficient (Wildman–Crippen LogP) is 4.18. The van der Waals surface area contributed by atoms with Gasteiger partial charge >= 0.3 is 0 Å². The van der Waals surface area contributed by atoms with E-state index in [1.54, 1.807) is 12.8 Å². The van der Waals surface area contributed by atoms with Crippen LogP contribution in [0.3, 0.4) is 0 Å². The fourth-order valence-corrected chi connectivity index (χ4v) is 12.6. The van der Waals surface area contributed by atoms with Gasteiger partial charge in [0.1, 0.15) is 0 Å². The van der Waals surface area contributed by atoms with E-state index >= 15 is 0 Å². The molecule has 6 saturated carbocycles. The van der Waals surface area contributed by atoms with Crippen molar-refractivity contribution in [2.75, 3.05) is 4.43 Å². The molecule has 0 aromatic carbocycles. The second kappa shape index (κ2) is 3.09. The first-order valence-corrected chi connectivity index (χ1v) is 10.6. The van der Waals surface area contributed by atoms with E-state index in [0.29, 0.717) is 0 Å². The van der Waals surface area contributed by atoms with Crippen molar-refractivity contribution >= 4 is 67.8 Å². The molecule has 88 valence electrons. The van der Waals surface area contributed by atoms with Crippen LogP contribution >= 0.6 is 67.8 Å². The predicted molar refractivity (Wildman–Crippen MR) is 90.6 cm³/mol. The van der Waals surface area contributed by atoms with E-state index in [-0.39, 0.29) is 0 Å². The molecule has 0 radical (unpaired) electrons. The van der Waals surface area contributed by atoms with Crippen molar-refractivity contribution in [3.8, 4) is 0 Å². The number of hydrogen-bond donors (Lipinski definition) is 0. The van der Waals surface area contributed by atoms with Crippen molar-refractivity contribution in [3.05, 3.63) is 0 Å². The van der Waals surface area contributed by atoms with E-state index in [1.165, 1.54) is 39.9 Å². The van der Waals surface area contributed by atoms with Crippen LogP contribution in [-0.2, 0) is 0 Å². The Morgan fingerprint density at radius 1 is 1.00 bits per heavy atom. The van der Waals surface area contributed by atoms with E-state index in [4.69, 9.17) is 0 Å². The lowest BCUT2D eigenvalue weighted by atomic mass is 9.62. The van der Waals surface area contributed by atoms with Crippen LogP contribution in [0, 0.1) is 46.8 Å². The smallest absolute Gasteiger partial charge is 0.0206 e. The molecule has 0 unspecified atom stereocenters. The van der Waals surface area contributed by atoms with E-state index in [1.807, 2.05) is 0 Å². The van der Waals surface area contributed by atoms with Crippen LogP contribution in [0.5, 0.6) is 0 Å². The van der Waals surface area contributed by atoms with Crippen LogP contribution in [-0.4, -0.2) is 12.3 Å². The highest BCUT2D eigenvalue weighted by atomic mass is 127. The molecule has 6 aliphatic rings. The maximum atomic E-state index is 2.88. The first-order valence-electron chi connectivity index (χ1n) is 6.57. The van der Waals surface area contributed by atoms with Gasteiger partial charge in [-0.3, -0.25) is 0 Å². The van der Waals surface area contributed by atoms with Crippen molar-refractivity contribution in [1.82, 2.24) is 0 Å². The summed E-state index contributed by atoms with van der Waals surface area (Å²) in [5, 5.41) is 0. The monoisotopic (exact) mass is 552 g/mol. The summed E-state index contributed by atoms with van der Waals surface area (Å²) < 4.78 is 3.52. The van der Waals surface area contributed by atoms with Gasteiger partial charge < -0.3 is 0 Å². The largest absolute Gasteiger partial charge is 0.0864 e. The minimum Gasteiger partial charge on any atom is -0.0864 e. The first-order chi connectivity index (χ1) is 7.73. The molecule has 0 saturated heterocycles. The molecule has 0 nitrogen and oxygen atoms in total. The Morgan fingerprint density at radius 3 is 2.56 bits per heavy atom. The summed E-state index contributed by atoms with van der Waals surface area (Å²) in [6.07, 6.45) is 3.19. The second-order valence-electron chi connectivity index (χ2n) is 6.74. The third-order valence-corrected chi connectivity index (χ3v) is 11.2. The number of hydrogen-bond acceptors (Lipinski definition) is 0. The molecular weight excluding hydrogens is 537 g/mol. The quantitative estimate of drug-likeness (QED) is 0.357. The SMILES string of the molecule is ICC[C@]12[C@@H]3[C@H](I)[C@@H]4[C@H]5C[C@@H]([C@H]([C@H]53)[C@H]1I)[C@H]42. The molecule has 6 rings (SSSR count). The Kier molecular flexibility index (Phi) is 2.11. The maximum Gasteiger partial charge on any atom is 0.0206 e. The lowest BCUT2D eigenvalue weighted by Gasteiger charge is -2.42. The topological polar surface area (TPSA) is 0 Å². The Bertz CT molecular complexity index is 379. The minimum absolute atomic E-state index is 0.825. The van der Waals surface area contributed by atoms with Crippen molar-refractivity contribution < 1.29 is 0 Å². The molecule has 0 aliphatic heterocycles. The van der Waals surface area contributed by atoms with Gasteiger partial charge in [0.2, 0.25) is 0 Å². The van der Waals surface area contributed by atoms with E-state index in [2.05, 4.69) is 67.8 Å². The highest BCUT2D eigenvalue weighted by Gasteiger charge is 2.87. The molecule has 6 fully saturated rings. The lowest BCUT2D eigenvalue weighted by molar-refractivity contribution is 0.0549. The van der Waals surface area contributed by atoms with Crippen LogP contribution in [0.2, 0.25) is 0 Å². The summed E-state index contributed by atoms with van der Waals surface area (Å²) in [6.45, 7) is 0. The summed E-state index contributed by atoms with van der Waals surface area (Å²) in [7, 11) is 0. The maximum absolute atomic E-state index is 2.88. The third-order valence-electron chi connectivity index (χ3n) is 7.09. The summed E-state index contributed by atoms with van der Waals surface area (Å²) >= 11 is 8.37. The second-order valence-corrected chi connectivity index (χ2v) is 10.6. The van der Waals surface area contributed by atoms with Crippen LogP contribution in [0.15, 0.2) is 0 Å². The third kappa shape index (κ3) is 0.803. The fraction of sp³-hybridized carbons (Fsp3) is 1.00. The number of halogens is 3. The Morgan fingerprint density at radius 2 is 1.81 bits per heavy atom. The highest BCUT2D eigenvalue weighted by molar-refractivity contribution is 14.1. The summed E-state index contributed by atoms with van der Waals surface area (Å²) in [6, 6.07) is 0. The van der Waals surface area contributed by atoms with Crippen molar-refractivity contribution in [2.45, 2.75) is 20.7 Å².